The van der Waals surface area contributed by atoms with E-state index in [0.717, 1.165) is 49.9 Å². The zero-order chi connectivity index (χ0) is 19.0. The SMILES string of the molecule is O=C(CCNC(=O)NC12CC3CC(CC(C3)C1)C2)NC(CC1CC1)C(=O)O. The van der Waals surface area contributed by atoms with Crippen LogP contribution in [0.15, 0.2) is 0 Å². The van der Waals surface area contributed by atoms with Gasteiger partial charge in [0.2, 0.25) is 5.91 Å². The highest BCUT2D eigenvalue weighted by Gasteiger charge is 2.51. The Hall–Kier alpha value is -1.79. The van der Waals surface area contributed by atoms with Crippen LogP contribution < -0.4 is 16.0 Å². The molecule has 3 amide bonds. The third-order valence-electron chi connectivity index (χ3n) is 6.95. The first-order chi connectivity index (χ1) is 12.9. The molecule has 0 aliphatic heterocycles. The van der Waals surface area contributed by atoms with Crippen molar-refractivity contribution in [1.29, 1.82) is 0 Å². The van der Waals surface area contributed by atoms with Crippen LogP contribution in [0.25, 0.3) is 0 Å². The smallest absolute Gasteiger partial charge is 0.326 e. The molecule has 27 heavy (non-hydrogen) atoms. The fraction of sp³-hybridized carbons (Fsp3) is 0.850. The molecule has 4 bridgehead atoms. The molecule has 5 rings (SSSR count). The lowest BCUT2D eigenvalue weighted by Gasteiger charge is -2.56. The molecule has 5 aliphatic carbocycles. The van der Waals surface area contributed by atoms with Gasteiger partial charge in [0, 0.05) is 18.5 Å². The van der Waals surface area contributed by atoms with Gasteiger partial charge in [-0.25, -0.2) is 9.59 Å². The molecule has 5 saturated carbocycles. The Morgan fingerprint density at radius 3 is 2.11 bits per heavy atom. The van der Waals surface area contributed by atoms with Gasteiger partial charge in [-0.05, 0) is 68.6 Å². The molecule has 7 nitrogen and oxygen atoms in total. The third kappa shape index (κ3) is 4.55. The van der Waals surface area contributed by atoms with Gasteiger partial charge in [-0.2, -0.15) is 0 Å². The van der Waals surface area contributed by atoms with Crippen LogP contribution in [-0.2, 0) is 9.59 Å². The van der Waals surface area contributed by atoms with Crippen molar-refractivity contribution in [1.82, 2.24) is 16.0 Å². The molecule has 0 aromatic heterocycles. The molecule has 1 atom stereocenters. The lowest BCUT2D eigenvalue weighted by atomic mass is 9.53. The Morgan fingerprint density at radius 2 is 1.59 bits per heavy atom. The van der Waals surface area contributed by atoms with E-state index >= 15 is 0 Å². The fourth-order valence-corrected chi connectivity index (χ4v) is 6.01. The van der Waals surface area contributed by atoms with Crippen LogP contribution in [-0.4, -0.2) is 41.1 Å². The number of hydrogen-bond donors (Lipinski definition) is 4. The second-order valence-electron chi connectivity index (χ2n) is 9.47. The molecule has 0 heterocycles. The highest BCUT2D eigenvalue weighted by molar-refractivity contribution is 5.84. The Kier molecular flexibility index (Phi) is 5.03. The van der Waals surface area contributed by atoms with Crippen LogP contribution in [0.4, 0.5) is 4.79 Å². The van der Waals surface area contributed by atoms with Gasteiger partial charge in [0.25, 0.3) is 0 Å². The van der Waals surface area contributed by atoms with E-state index < -0.39 is 12.0 Å². The Bertz CT molecular complexity index is 581. The monoisotopic (exact) mass is 377 g/mol. The molecule has 4 N–H and O–H groups in total. The van der Waals surface area contributed by atoms with Crippen LogP contribution in [0, 0.1) is 23.7 Å². The number of nitrogens with one attached hydrogen (secondary N) is 3. The van der Waals surface area contributed by atoms with Gasteiger partial charge in [0.15, 0.2) is 0 Å². The number of amides is 3. The average Bonchev–Trinajstić information content (AvgIpc) is 3.36. The molecule has 1 unspecified atom stereocenters. The quantitative estimate of drug-likeness (QED) is 0.519. The number of urea groups is 1. The summed E-state index contributed by atoms with van der Waals surface area (Å²) in [7, 11) is 0. The molecule has 7 heteroatoms. The predicted octanol–water partition coefficient (Wildman–Crippen LogP) is 2.01. The van der Waals surface area contributed by atoms with E-state index in [0.29, 0.717) is 12.3 Å². The van der Waals surface area contributed by atoms with Crippen molar-refractivity contribution in [3.63, 3.8) is 0 Å². The van der Waals surface area contributed by atoms with Gasteiger partial charge >= 0.3 is 12.0 Å². The second kappa shape index (κ2) is 7.32. The minimum absolute atomic E-state index is 0.0419. The van der Waals surface area contributed by atoms with E-state index in [2.05, 4.69) is 16.0 Å². The Morgan fingerprint density at radius 1 is 1.00 bits per heavy atom. The summed E-state index contributed by atoms with van der Waals surface area (Å²) in [4.78, 5) is 35.6. The molecule has 5 aliphatic rings. The molecular weight excluding hydrogens is 346 g/mol. The summed E-state index contributed by atoms with van der Waals surface area (Å²) in [5.41, 5.74) is -0.0419. The lowest BCUT2D eigenvalue weighted by molar-refractivity contribution is -0.142. The summed E-state index contributed by atoms with van der Waals surface area (Å²) in [6.45, 7) is 0.222. The highest BCUT2D eigenvalue weighted by Crippen LogP contribution is 2.55. The largest absolute Gasteiger partial charge is 0.480 e. The van der Waals surface area contributed by atoms with E-state index in [4.69, 9.17) is 0 Å². The van der Waals surface area contributed by atoms with Gasteiger partial charge in [-0.3, -0.25) is 4.79 Å². The van der Waals surface area contributed by atoms with Crippen molar-refractivity contribution in [2.45, 2.75) is 75.8 Å². The summed E-state index contributed by atoms with van der Waals surface area (Å²) in [6, 6.07) is -1.01. The molecule has 0 aromatic rings. The van der Waals surface area contributed by atoms with Gasteiger partial charge in [0.05, 0.1) is 0 Å². The van der Waals surface area contributed by atoms with Crippen molar-refractivity contribution in [3.8, 4) is 0 Å². The maximum Gasteiger partial charge on any atom is 0.326 e. The lowest BCUT2D eigenvalue weighted by Crippen LogP contribution is -2.61. The highest BCUT2D eigenvalue weighted by atomic mass is 16.4. The van der Waals surface area contributed by atoms with Crippen molar-refractivity contribution < 1.29 is 19.5 Å². The van der Waals surface area contributed by atoms with Crippen LogP contribution in [0.2, 0.25) is 0 Å². The predicted molar refractivity (Wildman–Crippen MR) is 99.0 cm³/mol. The van der Waals surface area contributed by atoms with Crippen LogP contribution in [0.5, 0.6) is 0 Å². The average molecular weight is 377 g/mol. The van der Waals surface area contributed by atoms with Crippen molar-refractivity contribution in [3.05, 3.63) is 0 Å². The topological polar surface area (TPSA) is 108 Å². The number of carboxylic acid groups (broad SMARTS) is 1. The molecular formula is C20H31N3O4. The van der Waals surface area contributed by atoms with Gasteiger partial charge in [-0.1, -0.05) is 12.8 Å². The van der Waals surface area contributed by atoms with E-state index in [1.165, 1.54) is 19.3 Å². The maximum absolute atomic E-state index is 12.3. The van der Waals surface area contributed by atoms with Gasteiger partial charge in [0.1, 0.15) is 6.04 Å². The number of carbonyl (C=O) groups is 3. The Labute approximate surface area is 160 Å². The van der Waals surface area contributed by atoms with Gasteiger partial charge < -0.3 is 21.1 Å². The van der Waals surface area contributed by atoms with E-state index in [1.807, 2.05) is 0 Å². The minimum Gasteiger partial charge on any atom is -0.480 e. The maximum atomic E-state index is 12.3. The molecule has 150 valence electrons. The number of carboxylic acids is 1. The first-order valence-electron chi connectivity index (χ1n) is 10.5. The normalized spacial score (nSPS) is 34.7. The minimum atomic E-state index is -0.984. The first-order valence-corrected chi connectivity index (χ1v) is 10.5. The zero-order valence-corrected chi connectivity index (χ0v) is 15.8. The van der Waals surface area contributed by atoms with E-state index in [1.54, 1.807) is 0 Å². The zero-order valence-electron chi connectivity index (χ0n) is 15.8. The van der Waals surface area contributed by atoms with E-state index in [9.17, 15) is 19.5 Å². The Balaban J connectivity index is 1.18. The first kappa shape index (κ1) is 18.6. The summed E-state index contributed by atoms with van der Waals surface area (Å²) in [5.74, 6) is 1.42. The molecule has 0 saturated heterocycles. The molecule has 5 fully saturated rings. The van der Waals surface area contributed by atoms with Crippen LogP contribution in [0.3, 0.4) is 0 Å². The van der Waals surface area contributed by atoms with Crippen molar-refractivity contribution >= 4 is 17.9 Å². The van der Waals surface area contributed by atoms with Crippen LogP contribution in [0.1, 0.15) is 64.2 Å². The second-order valence-corrected chi connectivity index (χ2v) is 9.47. The summed E-state index contributed by atoms with van der Waals surface area (Å²) >= 11 is 0. The van der Waals surface area contributed by atoms with Crippen molar-refractivity contribution in [2.75, 3.05) is 6.54 Å². The number of hydrogen-bond acceptors (Lipinski definition) is 3. The molecule has 0 radical (unpaired) electrons. The van der Waals surface area contributed by atoms with Gasteiger partial charge in [-0.15, -0.1) is 0 Å². The standard InChI is InChI=1S/C20H31N3O4/c24-17(22-16(18(25)26)8-12-1-2-12)3-4-21-19(27)23-20-9-13-5-14(10-20)7-15(6-13)11-20/h12-16H,1-11H2,(H,22,24)(H,25,26)(H2,21,23,27). The fourth-order valence-electron chi connectivity index (χ4n) is 6.01. The molecule has 0 aromatic carbocycles. The number of aliphatic carboxylic acids is 1. The summed E-state index contributed by atoms with van der Waals surface area (Å²) in [6.07, 6.45) is 9.95. The van der Waals surface area contributed by atoms with E-state index in [-0.39, 0.29) is 30.4 Å². The number of rotatable bonds is 8. The molecule has 0 spiro atoms. The van der Waals surface area contributed by atoms with Crippen molar-refractivity contribution in [2.24, 2.45) is 23.7 Å². The van der Waals surface area contributed by atoms with Crippen LogP contribution >= 0.6 is 0 Å². The number of carbonyl (C=O) groups excluding carboxylic acids is 2. The summed E-state index contributed by atoms with van der Waals surface area (Å²) < 4.78 is 0. The third-order valence-corrected chi connectivity index (χ3v) is 6.95. The summed E-state index contributed by atoms with van der Waals surface area (Å²) in [5, 5.41) is 17.8.